The van der Waals surface area contributed by atoms with Crippen molar-refractivity contribution in [2.24, 2.45) is 0 Å². The summed E-state index contributed by atoms with van der Waals surface area (Å²) in [6.45, 7) is 5.74. The minimum absolute atomic E-state index is 0.0199. The third-order valence-corrected chi connectivity index (χ3v) is 3.46. The van der Waals surface area contributed by atoms with Gasteiger partial charge in [-0.05, 0) is 51.8 Å². The third-order valence-electron chi connectivity index (χ3n) is 3.14. The Hall–Kier alpha value is -1.17. The first-order chi connectivity index (χ1) is 9.43. The van der Waals surface area contributed by atoms with Crippen molar-refractivity contribution in [1.82, 2.24) is 9.80 Å². The summed E-state index contributed by atoms with van der Waals surface area (Å²) >= 11 is 5.82. The van der Waals surface area contributed by atoms with Crippen LogP contribution in [-0.2, 0) is 6.54 Å². The molecule has 0 aliphatic heterocycles. The maximum atomic E-state index is 10.9. The zero-order valence-electron chi connectivity index (χ0n) is 12.3. The molecule has 0 atom stereocenters. The Labute approximate surface area is 125 Å². The van der Waals surface area contributed by atoms with E-state index in [1.54, 1.807) is 12.1 Å². The van der Waals surface area contributed by atoms with Gasteiger partial charge in [0.2, 0.25) is 0 Å². The number of rotatable bonds is 8. The van der Waals surface area contributed by atoms with E-state index in [0.717, 1.165) is 31.6 Å². The fraction of sp³-hybridized carbons (Fsp3) is 0.571. The minimum atomic E-state index is -0.436. The molecule has 0 aromatic heterocycles. The average Bonchev–Trinajstić information content (AvgIpc) is 2.38. The molecule has 0 bridgehead atoms. The first kappa shape index (κ1) is 16.9. The lowest BCUT2D eigenvalue weighted by Crippen LogP contribution is -2.26. The Morgan fingerprint density at radius 2 is 2.00 bits per heavy atom. The van der Waals surface area contributed by atoms with Gasteiger partial charge in [-0.25, -0.2) is 0 Å². The maximum Gasteiger partial charge on any atom is 0.288 e. The number of nitro groups is 1. The van der Waals surface area contributed by atoms with Crippen molar-refractivity contribution in [1.29, 1.82) is 0 Å². The molecule has 0 unspecified atom stereocenters. The monoisotopic (exact) mass is 299 g/mol. The van der Waals surface area contributed by atoms with E-state index in [4.69, 9.17) is 11.6 Å². The van der Waals surface area contributed by atoms with Crippen molar-refractivity contribution in [3.8, 4) is 0 Å². The van der Waals surface area contributed by atoms with Gasteiger partial charge in [-0.3, -0.25) is 15.0 Å². The first-order valence-electron chi connectivity index (χ1n) is 6.74. The predicted octanol–water partition coefficient (Wildman–Crippen LogP) is 3.02. The highest BCUT2D eigenvalue weighted by molar-refractivity contribution is 6.32. The van der Waals surface area contributed by atoms with Crippen LogP contribution in [0.1, 0.15) is 18.9 Å². The SMILES string of the molecule is CCN(CCCN(C)C)Cc1ccc(Cl)c([N+](=O)[O-])c1. The molecule has 1 aromatic carbocycles. The number of halogens is 1. The summed E-state index contributed by atoms with van der Waals surface area (Å²) in [4.78, 5) is 14.9. The van der Waals surface area contributed by atoms with Gasteiger partial charge in [0.25, 0.3) is 5.69 Å². The van der Waals surface area contributed by atoms with Crippen LogP contribution >= 0.6 is 11.6 Å². The van der Waals surface area contributed by atoms with Gasteiger partial charge < -0.3 is 4.90 Å². The molecule has 112 valence electrons. The molecule has 0 radical (unpaired) electrons. The second-order valence-corrected chi connectivity index (χ2v) is 5.48. The molecular weight excluding hydrogens is 278 g/mol. The van der Waals surface area contributed by atoms with E-state index in [2.05, 4.69) is 30.8 Å². The van der Waals surface area contributed by atoms with Gasteiger partial charge in [-0.15, -0.1) is 0 Å². The van der Waals surface area contributed by atoms with Crippen molar-refractivity contribution in [3.05, 3.63) is 38.9 Å². The van der Waals surface area contributed by atoms with E-state index in [-0.39, 0.29) is 10.7 Å². The molecule has 0 aliphatic rings. The number of nitro benzene ring substituents is 1. The molecule has 0 saturated carbocycles. The van der Waals surface area contributed by atoms with E-state index in [1.807, 2.05) is 6.07 Å². The van der Waals surface area contributed by atoms with Gasteiger partial charge in [0.1, 0.15) is 5.02 Å². The molecule has 0 aliphatic carbocycles. The van der Waals surface area contributed by atoms with Gasteiger partial charge in [-0.2, -0.15) is 0 Å². The van der Waals surface area contributed by atoms with Gasteiger partial charge >= 0.3 is 0 Å². The minimum Gasteiger partial charge on any atom is -0.309 e. The Bertz CT molecular complexity index is 452. The van der Waals surface area contributed by atoms with Crippen LogP contribution in [0.15, 0.2) is 18.2 Å². The topological polar surface area (TPSA) is 49.6 Å². The lowest BCUT2D eigenvalue weighted by atomic mass is 10.2. The molecule has 1 aromatic rings. The molecule has 1 rings (SSSR count). The fourth-order valence-electron chi connectivity index (χ4n) is 2.01. The van der Waals surface area contributed by atoms with Gasteiger partial charge in [0, 0.05) is 12.6 Å². The maximum absolute atomic E-state index is 10.9. The molecule has 0 spiro atoms. The van der Waals surface area contributed by atoms with E-state index in [1.165, 1.54) is 0 Å². The predicted molar refractivity (Wildman–Crippen MR) is 82.2 cm³/mol. The van der Waals surface area contributed by atoms with Crippen LogP contribution in [0.25, 0.3) is 0 Å². The zero-order chi connectivity index (χ0) is 15.1. The van der Waals surface area contributed by atoms with Crippen LogP contribution in [0.2, 0.25) is 5.02 Å². The Balaban J connectivity index is 2.65. The average molecular weight is 300 g/mol. The quantitative estimate of drug-likeness (QED) is 0.547. The number of nitrogens with zero attached hydrogens (tertiary/aromatic N) is 3. The van der Waals surface area contributed by atoms with E-state index in [9.17, 15) is 10.1 Å². The summed E-state index contributed by atoms with van der Waals surface area (Å²) in [5, 5.41) is 11.1. The van der Waals surface area contributed by atoms with Crippen LogP contribution in [-0.4, -0.2) is 48.5 Å². The number of benzene rings is 1. The summed E-state index contributed by atoms with van der Waals surface area (Å²) in [7, 11) is 4.11. The third kappa shape index (κ3) is 5.45. The molecular formula is C14H22ClN3O2. The molecule has 20 heavy (non-hydrogen) atoms. The first-order valence-corrected chi connectivity index (χ1v) is 7.11. The number of hydrogen-bond donors (Lipinski definition) is 0. The molecule has 0 heterocycles. The van der Waals surface area contributed by atoms with Crippen LogP contribution in [0.4, 0.5) is 5.69 Å². The van der Waals surface area contributed by atoms with E-state index < -0.39 is 4.92 Å². The van der Waals surface area contributed by atoms with E-state index in [0.29, 0.717) is 6.54 Å². The highest BCUT2D eigenvalue weighted by Gasteiger charge is 2.14. The normalized spacial score (nSPS) is 11.3. The molecule has 0 N–H and O–H groups in total. The van der Waals surface area contributed by atoms with E-state index >= 15 is 0 Å². The highest BCUT2D eigenvalue weighted by atomic mass is 35.5. The summed E-state index contributed by atoms with van der Waals surface area (Å²) in [5.74, 6) is 0. The Kier molecular flexibility index (Phi) is 6.91. The Morgan fingerprint density at radius 3 is 2.55 bits per heavy atom. The molecule has 6 heteroatoms. The standard InChI is InChI=1S/C14H22ClN3O2/c1-4-17(9-5-8-16(2)3)11-12-6-7-13(15)14(10-12)18(19)20/h6-7,10H,4-5,8-9,11H2,1-3H3. The van der Waals surface area contributed by atoms with Crippen LogP contribution in [0, 0.1) is 10.1 Å². The molecule has 0 fully saturated rings. The molecule has 0 saturated heterocycles. The summed E-state index contributed by atoms with van der Waals surface area (Å²) in [6, 6.07) is 5.02. The summed E-state index contributed by atoms with van der Waals surface area (Å²) in [5.41, 5.74) is 0.904. The van der Waals surface area contributed by atoms with Gasteiger partial charge in [0.15, 0.2) is 0 Å². The number of hydrogen-bond acceptors (Lipinski definition) is 4. The van der Waals surface area contributed by atoms with Crippen molar-refractivity contribution in [2.45, 2.75) is 19.9 Å². The van der Waals surface area contributed by atoms with Crippen molar-refractivity contribution in [2.75, 3.05) is 33.7 Å². The van der Waals surface area contributed by atoms with Crippen LogP contribution < -0.4 is 0 Å². The lowest BCUT2D eigenvalue weighted by Gasteiger charge is -2.21. The van der Waals surface area contributed by atoms with Crippen LogP contribution in [0.5, 0.6) is 0 Å². The van der Waals surface area contributed by atoms with Gasteiger partial charge in [0.05, 0.1) is 4.92 Å². The molecule has 5 nitrogen and oxygen atoms in total. The Morgan fingerprint density at radius 1 is 1.30 bits per heavy atom. The zero-order valence-corrected chi connectivity index (χ0v) is 13.1. The van der Waals surface area contributed by atoms with Crippen molar-refractivity contribution >= 4 is 17.3 Å². The largest absolute Gasteiger partial charge is 0.309 e. The highest BCUT2D eigenvalue weighted by Crippen LogP contribution is 2.25. The van der Waals surface area contributed by atoms with Crippen molar-refractivity contribution < 1.29 is 4.92 Å². The van der Waals surface area contributed by atoms with Gasteiger partial charge in [-0.1, -0.05) is 24.6 Å². The smallest absolute Gasteiger partial charge is 0.288 e. The fourth-order valence-corrected chi connectivity index (χ4v) is 2.20. The second-order valence-electron chi connectivity index (χ2n) is 5.07. The van der Waals surface area contributed by atoms with Crippen LogP contribution in [0.3, 0.4) is 0 Å². The van der Waals surface area contributed by atoms with Crippen molar-refractivity contribution in [3.63, 3.8) is 0 Å². The summed E-state index contributed by atoms with van der Waals surface area (Å²) < 4.78 is 0. The summed E-state index contributed by atoms with van der Waals surface area (Å²) in [6.07, 6.45) is 1.08. The second kappa shape index (κ2) is 8.19. The lowest BCUT2D eigenvalue weighted by molar-refractivity contribution is -0.384. The molecule has 0 amide bonds.